The van der Waals surface area contributed by atoms with E-state index in [4.69, 9.17) is 4.74 Å². The fourth-order valence-electron chi connectivity index (χ4n) is 3.44. The molecule has 1 aromatic heterocycles. The molecule has 0 spiro atoms. The number of methoxy groups -OCH3 is 1. The first-order valence-corrected chi connectivity index (χ1v) is 10.2. The van der Waals surface area contributed by atoms with Crippen LogP contribution in [0.15, 0.2) is 71.7 Å². The van der Waals surface area contributed by atoms with Crippen molar-refractivity contribution in [3.63, 3.8) is 0 Å². The average Bonchev–Trinajstić information content (AvgIpc) is 3.11. The summed E-state index contributed by atoms with van der Waals surface area (Å²) in [6.45, 7) is 1.91. The third-order valence-corrected chi connectivity index (χ3v) is 5.93. The van der Waals surface area contributed by atoms with E-state index in [-0.39, 0.29) is 11.9 Å². The molecule has 0 radical (unpaired) electrons. The molecule has 0 saturated carbocycles. The van der Waals surface area contributed by atoms with Gasteiger partial charge in [0.2, 0.25) is 0 Å². The maximum atomic E-state index is 12.9. The van der Waals surface area contributed by atoms with Crippen molar-refractivity contribution in [3.8, 4) is 0 Å². The van der Waals surface area contributed by atoms with Crippen LogP contribution in [0.1, 0.15) is 29.7 Å². The van der Waals surface area contributed by atoms with Gasteiger partial charge in [-0.15, -0.1) is 0 Å². The lowest BCUT2D eigenvalue weighted by atomic mass is 10.1. The number of rotatable bonds is 4. The quantitative estimate of drug-likeness (QED) is 0.462. The van der Waals surface area contributed by atoms with Gasteiger partial charge in [-0.05, 0) is 41.5 Å². The monoisotopic (exact) mass is 404 g/mol. The van der Waals surface area contributed by atoms with Gasteiger partial charge in [0, 0.05) is 5.56 Å². The van der Waals surface area contributed by atoms with Crippen LogP contribution < -0.4 is 4.80 Å². The second-order valence-corrected chi connectivity index (χ2v) is 7.66. The highest BCUT2D eigenvalue weighted by Gasteiger charge is 2.23. The lowest BCUT2D eigenvalue weighted by molar-refractivity contribution is -0.144. The van der Waals surface area contributed by atoms with Gasteiger partial charge in [-0.3, -0.25) is 4.79 Å². The summed E-state index contributed by atoms with van der Waals surface area (Å²) < 4.78 is 7.76. The molecule has 5 nitrogen and oxygen atoms in total. The number of esters is 1. The molecular formula is C23H20N2O3S. The first-order chi connectivity index (χ1) is 14.1. The van der Waals surface area contributed by atoms with Gasteiger partial charge in [0.25, 0.3) is 5.91 Å². The Kier molecular flexibility index (Phi) is 5.27. The van der Waals surface area contributed by atoms with Crippen LogP contribution in [0.25, 0.3) is 21.0 Å². The van der Waals surface area contributed by atoms with Crippen LogP contribution in [-0.2, 0) is 9.53 Å². The van der Waals surface area contributed by atoms with E-state index in [9.17, 15) is 9.59 Å². The van der Waals surface area contributed by atoms with E-state index in [0.717, 1.165) is 21.0 Å². The molecule has 146 valence electrons. The van der Waals surface area contributed by atoms with Crippen LogP contribution in [0.2, 0.25) is 0 Å². The van der Waals surface area contributed by atoms with E-state index in [2.05, 4.69) is 4.99 Å². The van der Waals surface area contributed by atoms with Crippen LogP contribution in [0.4, 0.5) is 0 Å². The van der Waals surface area contributed by atoms with Crippen LogP contribution in [0.5, 0.6) is 0 Å². The van der Waals surface area contributed by atoms with Crippen molar-refractivity contribution in [2.24, 2.45) is 4.99 Å². The minimum Gasteiger partial charge on any atom is -0.467 e. The Balaban J connectivity index is 1.87. The first kappa shape index (κ1) is 19.1. The fourth-order valence-corrected chi connectivity index (χ4v) is 4.50. The molecule has 1 unspecified atom stereocenters. The predicted octanol–water partition coefficient (Wildman–Crippen LogP) is 4.72. The molecular weight excluding hydrogens is 384 g/mol. The number of ether oxygens (including phenoxy) is 1. The van der Waals surface area contributed by atoms with Gasteiger partial charge < -0.3 is 9.30 Å². The Hall–Kier alpha value is -3.25. The smallest absolute Gasteiger partial charge is 0.328 e. The third kappa shape index (κ3) is 3.59. The number of benzene rings is 3. The lowest BCUT2D eigenvalue weighted by Gasteiger charge is -2.15. The maximum Gasteiger partial charge on any atom is 0.328 e. The molecule has 1 heterocycles. The molecule has 3 aromatic carbocycles. The number of hydrogen-bond donors (Lipinski definition) is 0. The number of aromatic nitrogens is 1. The van der Waals surface area contributed by atoms with Crippen molar-refractivity contribution < 1.29 is 14.3 Å². The molecule has 0 N–H and O–H groups in total. The average molecular weight is 404 g/mol. The van der Waals surface area contributed by atoms with Gasteiger partial charge in [-0.1, -0.05) is 60.7 Å². The van der Waals surface area contributed by atoms with E-state index < -0.39 is 6.04 Å². The van der Waals surface area contributed by atoms with Crippen LogP contribution >= 0.6 is 11.3 Å². The molecule has 0 bridgehead atoms. The number of thiazole rings is 1. The highest BCUT2D eigenvalue weighted by Crippen LogP contribution is 2.23. The van der Waals surface area contributed by atoms with Crippen LogP contribution in [0, 0.1) is 0 Å². The number of hydrogen-bond acceptors (Lipinski definition) is 4. The summed E-state index contributed by atoms with van der Waals surface area (Å²) >= 11 is 1.39. The summed E-state index contributed by atoms with van der Waals surface area (Å²) in [6.07, 6.45) is 0.532. The van der Waals surface area contributed by atoms with Gasteiger partial charge in [0.05, 0.1) is 17.3 Å². The highest BCUT2D eigenvalue weighted by atomic mass is 32.1. The van der Waals surface area contributed by atoms with Gasteiger partial charge >= 0.3 is 5.97 Å². The van der Waals surface area contributed by atoms with Crippen molar-refractivity contribution in [2.45, 2.75) is 19.4 Å². The fraction of sp³-hybridized carbons (Fsp3) is 0.174. The standard InChI is InChI=1S/C23H20N2O3S/c1-3-18(22(27)28-2)25-19-10-6-7-11-20(19)29-23(25)24-21(26)17-13-12-15-8-4-5-9-16(15)14-17/h4-14,18H,3H2,1-2H3/b24-23-. The molecule has 0 aliphatic rings. The SMILES string of the molecule is CCC(C(=O)OC)n1/c(=N/C(=O)c2ccc3ccccc3c2)sc2ccccc21. The minimum atomic E-state index is -0.542. The van der Waals surface area contributed by atoms with Crippen molar-refractivity contribution in [2.75, 3.05) is 7.11 Å². The minimum absolute atomic E-state index is 0.337. The molecule has 6 heteroatoms. The molecule has 4 rings (SSSR count). The Labute approximate surface area is 171 Å². The lowest BCUT2D eigenvalue weighted by Crippen LogP contribution is -2.28. The summed E-state index contributed by atoms with van der Waals surface area (Å²) in [5, 5.41) is 2.05. The highest BCUT2D eigenvalue weighted by molar-refractivity contribution is 7.16. The summed E-state index contributed by atoms with van der Waals surface area (Å²) in [6, 6.07) is 20.6. The Morgan fingerprint density at radius 1 is 1.03 bits per heavy atom. The summed E-state index contributed by atoms with van der Waals surface area (Å²) in [4.78, 5) is 30.2. The summed E-state index contributed by atoms with van der Waals surface area (Å²) in [5.74, 6) is -0.688. The molecule has 0 saturated heterocycles. The zero-order chi connectivity index (χ0) is 20.4. The van der Waals surface area contributed by atoms with Crippen LogP contribution in [-0.4, -0.2) is 23.6 Å². The number of carbonyl (C=O) groups is 2. The van der Waals surface area contributed by atoms with Crippen molar-refractivity contribution in [3.05, 3.63) is 77.1 Å². The largest absolute Gasteiger partial charge is 0.467 e. The second kappa shape index (κ2) is 8.01. The van der Waals surface area contributed by atoms with E-state index in [1.165, 1.54) is 18.4 Å². The predicted molar refractivity (Wildman–Crippen MR) is 115 cm³/mol. The zero-order valence-corrected chi connectivity index (χ0v) is 17.0. The Morgan fingerprint density at radius 3 is 2.52 bits per heavy atom. The molecule has 4 aromatic rings. The Bertz CT molecular complexity index is 1290. The first-order valence-electron chi connectivity index (χ1n) is 9.38. The molecule has 0 aliphatic heterocycles. The van der Waals surface area contributed by atoms with Gasteiger partial charge in [-0.2, -0.15) is 4.99 Å². The molecule has 1 amide bonds. The molecule has 0 aliphatic carbocycles. The van der Waals surface area contributed by atoms with E-state index in [1.54, 1.807) is 6.07 Å². The number of nitrogens with zero attached hydrogens (tertiary/aromatic N) is 2. The van der Waals surface area contributed by atoms with E-state index >= 15 is 0 Å². The van der Waals surface area contributed by atoms with E-state index in [0.29, 0.717) is 16.8 Å². The second-order valence-electron chi connectivity index (χ2n) is 6.65. The number of carbonyl (C=O) groups excluding carboxylic acids is 2. The van der Waals surface area contributed by atoms with Crippen molar-refractivity contribution in [1.82, 2.24) is 4.57 Å². The summed E-state index contributed by atoms with van der Waals surface area (Å²) in [5.41, 5.74) is 1.37. The van der Waals surface area contributed by atoms with E-state index in [1.807, 2.05) is 72.2 Å². The summed E-state index contributed by atoms with van der Waals surface area (Å²) in [7, 11) is 1.37. The Morgan fingerprint density at radius 2 is 1.76 bits per heavy atom. The van der Waals surface area contributed by atoms with Gasteiger partial charge in [0.15, 0.2) is 4.80 Å². The number of fused-ring (bicyclic) bond motifs is 2. The molecule has 1 atom stereocenters. The topological polar surface area (TPSA) is 60.7 Å². The maximum absolute atomic E-state index is 12.9. The molecule has 0 fully saturated rings. The van der Waals surface area contributed by atoms with Crippen molar-refractivity contribution >= 4 is 44.2 Å². The van der Waals surface area contributed by atoms with Crippen molar-refractivity contribution in [1.29, 1.82) is 0 Å². The normalized spacial score (nSPS) is 13.0. The zero-order valence-electron chi connectivity index (χ0n) is 16.2. The van der Waals surface area contributed by atoms with Gasteiger partial charge in [0.1, 0.15) is 6.04 Å². The number of para-hydroxylation sites is 1. The van der Waals surface area contributed by atoms with Crippen LogP contribution in [0.3, 0.4) is 0 Å². The van der Waals surface area contributed by atoms with Gasteiger partial charge in [-0.25, -0.2) is 4.79 Å². The molecule has 29 heavy (non-hydrogen) atoms. The number of amides is 1. The third-order valence-electron chi connectivity index (χ3n) is 4.90.